The number of likely N-dealkylation sites (tertiary alicyclic amines) is 1. The Balaban J connectivity index is 0.00000151. The average Bonchev–Trinajstić information content (AvgIpc) is 2.56. The van der Waals surface area contributed by atoms with Crippen molar-refractivity contribution in [3.63, 3.8) is 0 Å². The lowest BCUT2D eigenvalue weighted by atomic mass is 9.70. The first kappa shape index (κ1) is 21.0. The fourth-order valence-corrected chi connectivity index (χ4v) is 3.14. The van der Waals surface area contributed by atoms with Crippen molar-refractivity contribution in [1.29, 1.82) is 5.26 Å². The number of aryl methyl sites for hydroxylation is 1. The third-order valence-electron chi connectivity index (χ3n) is 4.42. The molecular formula is C21H32N2O2. The van der Waals surface area contributed by atoms with E-state index in [0.717, 1.165) is 12.8 Å². The first-order chi connectivity index (χ1) is 11.8. The Labute approximate surface area is 152 Å². The van der Waals surface area contributed by atoms with Crippen molar-refractivity contribution in [3.8, 4) is 6.07 Å². The molecule has 1 aromatic carbocycles. The highest BCUT2D eigenvalue weighted by Gasteiger charge is 2.38. The highest BCUT2D eigenvalue weighted by molar-refractivity contribution is 5.68. The summed E-state index contributed by atoms with van der Waals surface area (Å²) >= 11 is 0. The number of rotatable bonds is 2. The fourth-order valence-electron chi connectivity index (χ4n) is 3.14. The summed E-state index contributed by atoms with van der Waals surface area (Å²) < 4.78 is 5.45. The van der Waals surface area contributed by atoms with Gasteiger partial charge in [0, 0.05) is 24.9 Å². The monoisotopic (exact) mass is 344 g/mol. The maximum atomic E-state index is 12.2. The van der Waals surface area contributed by atoms with Crippen molar-refractivity contribution in [1.82, 2.24) is 4.90 Å². The number of nitriles is 1. The standard InChI is InChI=1S/C19H26N2O2.C2H6/c1-15-6-5-7-16(14-15)19(8-11-20)9-12-21(13-10-19)17(22)23-18(2,3)4;1-2/h5-7,14H,8-10,12-13H2,1-4H3;1-2H3. The molecule has 1 aromatic rings. The van der Waals surface area contributed by atoms with Crippen molar-refractivity contribution >= 4 is 6.09 Å². The highest BCUT2D eigenvalue weighted by atomic mass is 16.6. The summed E-state index contributed by atoms with van der Waals surface area (Å²) in [5.41, 5.74) is 1.78. The van der Waals surface area contributed by atoms with Gasteiger partial charge in [-0.2, -0.15) is 5.26 Å². The van der Waals surface area contributed by atoms with Crippen LogP contribution in [0, 0.1) is 18.3 Å². The lowest BCUT2D eigenvalue weighted by Crippen LogP contribution is -2.46. The van der Waals surface area contributed by atoms with Crippen LogP contribution in [0.5, 0.6) is 0 Å². The van der Waals surface area contributed by atoms with Crippen LogP contribution in [0.25, 0.3) is 0 Å². The van der Waals surface area contributed by atoms with Gasteiger partial charge in [0.2, 0.25) is 0 Å². The quantitative estimate of drug-likeness (QED) is 0.740. The van der Waals surface area contributed by atoms with Crippen LogP contribution >= 0.6 is 0 Å². The van der Waals surface area contributed by atoms with Gasteiger partial charge in [0.1, 0.15) is 5.60 Å². The van der Waals surface area contributed by atoms with Crippen molar-refractivity contribution in [3.05, 3.63) is 35.4 Å². The number of amides is 1. The zero-order valence-corrected chi connectivity index (χ0v) is 16.6. The summed E-state index contributed by atoms with van der Waals surface area (Å²) in [6.07, 6.45) is 1.82. The number of hydrogen-bond donors (Lipinski definition) is 0. The Morgan fingerprint density at radius 1 is 1.28 bits per heavy atom. The van der Waals surface area contributed by atoms with E-state index in [9.17, 15) is 10.1 Å². The number of benzene rings is 1. The lowest BCUT2D eigenvalue weighted by molar-refractivity contribution is 0.0165. The van der Waals surface area contributed by atoms with E-state index < -0.39 is 5.60 Å². The normalized spacial score (nSPS) is 16.3. The van der Waals surface area contributed by atoms with Gasteiger partial charge >= 0.3 is 6.09 Å². The van der Waals surface area contributed by atoms with Gasteiger partial charge in [-0.05, 0) is 46.1 Å². The van der Waals surface area contributed by atoms with E-state index in [1.54, 1.807) is 4.90 Å². The molecule has 0 atom stereocenters. The molecule has 1 heterocycles. The molecular weight excluding hydrogens is 312 g/mol. The Bertz CT molecular complexity index is 603. The van der Waals surface area contributed by atoms with E-state index in [0.29, 0.717) is 19.5 Å². The number of carbonyl (C=O) groups is 1. The second-order valence-electron chi connectivity index (χ2n) is 7.45. The number of ether oxygens (including phenoxy) is 1. The molecule has 2 rings (SSSR count). The fraction of sp³-hybridized carbons (Fsp3) is 0.619. The molecule has 1 aliphatic heterocycles. The summed E-state index contributed by atoms with van der Waals surface area (Å²) in [7, 11) is 0. The van der Waals surface area contributed by atoms with Gasteiger partial charge in [-0.25, -0.2) is 4.79 Å². The first-order valence-electron chi connectivity index (χ1n) is 9.18. The van der Waals surface area contributed by atoms with Gasteiger partial charge in [-0.15, -0.1) is 0 Å². The lowest BCUT2D eigenvalue weighted by Gasteiger charge is -2.41. The topological polar surface area (TPSA) is 53.3 Å². The predicted molar refractivity (Wildman–Crippen MR) is 101 cm³/mol. The summed E-state index contributed by atoms with van der Waals surface area (Å²) in [5.74, 6) is 0. The molecule has 1 aliphatic rings. The van der Waals surface area contributed by atoms with Crippen molar-refractivity contribution in [2.45, 2.75) is 71.8 Å². The smallest absolute Gasteiger partial charge is 0.410 e. The van der Waals surface area contributed by atoms with Crippen LogP contribution in [-0.4, -0.2) is 29.7 Å². The molecule has 0 spiro atoms. The molecule has 0 bridgehead atoms. The Morgan fingerprint density at radius 2 is 1.88 bits per heavy atom. The van der Waals surface area contributed by atoms with Crippen LogP contribution in [0.3, 0.4) is 0 Å². The molecule has 0 aliphatic carbocycles. The van der Waals surface area contributed by atoms with Crippen LogP contribution in [0.15, 0.2) is 24.3 Å². The minimum absolute atomic E-state index is 0.153. The molecule has 1 saturated heterocycles. The minimum atomic E-state index is -0.477. The van der Waals surface area contributed by atoms with E-state index in [4.69, 9.17) is 4.74 Å². The van der Waals surface area contributed by atoms with Gasteiger partial charge in [-0.3, -0.25) is 0 Å². The molecule has 0 saturated carbocycles. The summed E-state index contributed by atoms with van der Waals surface area (Å²) in [4.78, 5) is 14.0. The van der Waals surface area contributed by atoms with E-state index in [1.165, 1.54) is 11.1 Å². The molecule has 1 fully saturated rings. The van der Waals surface area contributed by atoms with Crippen molar-refractivity contribution in [2.75, 3.05) is 13.1 Å². The van der Waals surface area contributed by atoms with Crippen LogP contribution in [-0.2, 0) is 10.2 Å². The van der Waals surface area contributed by atoms with Gasteiger partial charge in [0.05, 0.1) is 6.07 Å². The zero-order chi connectivity index (χ0) is 19.1. The molecule has 1 amide bonds. The molecule has 25 heavy (non-hydrogen) atoms. The number of piperidine rings is 1. The first-order valence-corrected chi connectivity index (χ1v) is 9.18. The Hall–Kier alpha value is -2.02. The molecule has 0 radical (unpaired) electrons. The molecule has 0 N–H and O–H groups in total. The zero-order valence-electron chi connectivity index (χ0n) is 16.6. The van der Waals surface area contributed by atoms with Crippen LogP contribution < -0.4 is 0 Å². The number of nitrogens with zero attached hydrogens (tertiary/aromatic N) is 2. The number of carbonyl (C=O) groups excluding carboxylic acids is 1. The van der Waals surface area contributed by atoms with Gasteiger partial charge in [0.25, 0.3) is 0 Å². The SMILES string of the molecule is CC.Cc1cccc(C2(CC#N)CCN(C(=O)OC(C)(C)C)CC2)c1. The average molecular weight is 344 g/mol. The third kappa shape index (κ3) is 5.77. The second kappa shape index (κ2) is 8.89. The van der Waals surface area contributed by atoms with E-state index >= 15 is 0 Å². The maximum absolute atomic E-state index is 12.2. The molecule has 138 valence electrons. The van der Waals surface area contributed by atoms with Gasteiger partial charge in [0.15, 0.2) is 0 Å². The Morgan fingerprint density at radius 3 is 2.36 bits per heavy atom. The highest BCUT2D eigenvalue weighted by Crippen LogP contribution is 2.39. The van der Waals surface area contributed by atoms with Crippen molar-refractivity contribution < 1.29 is 9.53 Å². The van der Waals surface area contributed by atoms with Crippen molar-refractivity contribution in [2.24, 2.45) is 0 Å². The summed E-state index contributed by atoms with van der Waals surface area (Å²) in [6.45, 7) is 13.0. The van der Waals surface area contributed by atoms with E-state index in [2.05, 4.69) is 31.2 Å². The third-order valence-corrected chi connectivity index (χ3v) is 4.42. The van der Waals surface area contributed by atoms with Crippen LogP contribution in [0.1, 0.15) is 65.0 Å². The summed E-state index contributed by atoms with van der Waals surface area (Å²) in [6, 6.07) is 10.7. The second-order valence-corrected chi connectivity index (χ2v) is 7.45. The number of hydrogen-bond acceptors (Lipinski definition) is 3. The molecule has 4 nitrogen and oxygen atoms in total. The van der Waals surface area contributed by atoms with Crippen LogP contribution in [0.4, 0.5) is 4.79 Å². The molecule has 0 aromatic heterocycles. The van der Waals surface area contributed by atoms with E-state index in [-0.39, 0.29) is 11.5 Å². The minimum Gasteiger partial charge on any atom is -0.444 e. The molecule has 0 unspecified atom stereocenters. The van der Waals surface area contributed by atoms with Crippen LogP contribution in [0.2, 0.25) is 0 Å². The summed E-state index contributed by atoms with van der Waals surface area (Å²) in [5, 5.41) is 9.29. The van der Waals surface area contributed by atoms with Gasteiger partial charge in [-0.1, -0.05) is 43.7 Å². The predicted octanol–water partition coefficient (Wildman–Crippen LogP) is 5.20. The largest absolute Gasteiger partial charge is 0.444 e. The molecule has 4 heteroatoms. The Kier molecular flexibility index (Phi) is 7.48. The maximum Gasteiger partial charge on any atom is 0.410 e. The van der Waals surface area contributed by atoms with E-state index in [1.807, 2.05) is 40.7 Å². The van der Waals surface area contributed by atoms with Gasteiger partial charge < -0.3 is 9.64 Å².